The second-order valence-corrected chi connectivity index (χ2v) is 7.25. The highest BCUT2D eigenvalue weighted by Crippen LogP contribution is 2.39. The largest absolute Gasteiger partial charge is 0.508 e. The smallest absolute Gasteiger partial charge is 0.342 e. The minimum Gasteiger partial charge on any atom is -0.508 e. The molecule has 1 aliphatic heterocycles. The fourth-order valence-corrected chi connectivity index (χ4v) is 4.08. The van der Waals surface area contributed by atoms with Crippen molar-refractivity contribution in [1.29, 1.82) is 0 Å². The fourth-order valence-electron chi connectivity index (χ4n) is 4.08. The molecule has 1 saturated heterocycles. The molecule has 2 heterocycles. The van der Waals surface area contributed by atoms with E-state index in [1.165, 1.54) is 20.0 Å². The van der Waals surface area contributed by atoms with E-state index in [1.54, 1.807) is 12.1 Å². The Morgan fingerprint density at radius 1 is 1.14 bits per heavy atom. The quantitative estimate of drug-likeness (QED) is 0.633. The number of furan rings is 1. The molecule has 2 aromatic carbocycles. The number of ether oxygens (including phenoxy) is 1. The van der Waals surface area contributed by atoms with E-state index in [9.17, 15) is 9.90 Å². The van der Waals surface area contributed by atoms with Crippen LogP contribution in [0.4, 0.5) is 0 Å². The van der Waals surface area contributed by atoms with Gasteiger partial charge < -0.3 is 19.2 Å². The maximum Gasteiger partial charge on any atom is 0.342 e. The van der Waals surface area contributed by atoms with Crippen molar-refractivity contribution in [2.24, 2.45) is 0 Å². The predicted octanol–water partition coefficient (Wildman–Crippen LogP) is 4.62. The van der Waals surface area contributed by atoms with Gasteiger partial charge in [-0.2, -0.15) is 0 Å². The van der Waals surface area contributed by atoms with Gasteiger partial charge in [0.05, 0.1) is 7.11 Å². The molecular weight excluding hydrogens is 354 g/mol. The highest BCUT2D eigenvalue weighted by molar-refractivity contribution is 6.10. The Morgan fingerprint density at radius 2 is 1.89 bits per heavy atom. The molecule has 0 aliphatic carbocycles. The van der Waals surface area contributed by atoms with Gasteiger partial charge in [-0.3, -0.25) is 0 Å². The van der Waals surface area contributed by atoms with E-state index in [0.717, 1.165) is 37.2 Å². The van der Waals surface area contributed by atoms with Gasteiger partial charge in [0.15, 0.2) is 0 Å². The summed E-state index contributed by atoms with van der Waals surface area (Å²) in [5.41, 5.74) is 2.54. The third-order valence-electron chi connectivity index (χ3n) is 5.46. The molecule has 5 nitrogen and oxygen atoms in total. The lowest BCUT2D eigenvalue weighted by molar-refractivity contribution is 0.0603. The Balaban J connectivity index is 1.77. The van der Waals surface area contributed by atoms with Crippen molar-refractivity contribution >= 4 is 16.9 Å². The molecule has 4 rings (SSSR count). The second-order valence-electron chi connectivity index (χ2n) is 7.25. The Hall–Kier alpha value is -2.79. The van der Waals surface area contributed by atoms with E-state index >= 15 is 0 Å². The first kappa shape index (κ1) is 18.6. The molecule has 5 heteroatoms. The summed E-state index contributed by atoms with van der Waals surface area (Å²) in [4.78, 5) is 15.1. The van der Waals surface area contributed by atoms with Gasteiger partial charge in [0.1, 0.15) is 22.7 Å². The van der Waals surface area contributed by atoms with E-state index in [1.807, 2.05) is 30.3 Å². The van der Waals surface area contributed by atoms with Crippen LogP contribution in [0.1, 0.15) is 35.2 Å². The van der Waals surface area contributed by atoms with Crippen LogP contribution in [0.25, 0.3) is 22.3 Å². The number of carbonyl (C=O) groups excluding carboxylic acids is 1. The molecule has 1 N–H and O–H groups in total. The summed E-state index contributed by atoms with van der Waals surface area (Å²) < 4.78 is 11.1. The average molecular weight is 379 g/mol. The van der Waals surface area contributed by atoms with E-state index < -0.39 is 5.97 Å². The minimum atomic E-state index is -0.455. The van der Waals surface area contributed by atoms with Crippen LogP contribution < -0.4 is 0 Å². The number of nitrogens with zero attached hydrogens (tertiary/aromatic N) is 1. The summed E-state index contributed by atoms with van der Waals surface area (Å²) in [6.45, 7) is 3.29. The average Bonchev–Trinajstić information content (AvgIpc) is 3.37. The summed E-state index contributed by atoms with van der Waals surface area (Å²) >= 11 is 0. The third-order valence-corrected chi connectivity index (χ3v) is 5.46. The number of carbonyl (C=O) groups is 1. The first-order chi connectivity index (χ1) is 13.7. The van der Waals surface area contributed by atoms with Crippen molar-refractivity contribution in [2.75, 3.05) is 26.7 Å². The maximum absolute atomic E-state index is 12.7. The molecule has 3 aromatic rings. The number of phenolic OH excluding ortho intramolecular Hbond substituents is 1. The second kappa shape index (κ2) is 8.07. The lowest BCUT2D eigenvalue weighted by Crippen LogP contribution is -2.20. The van der Waals surface area contributed by atoms with Crippen molar-refractivity contribution in [3.8, 4) is 17.1 Å². The third kappa shape index (κ3) is 3.50. The Labute approximate surface area is 164 Å². The van der Waals surface area contributed by atoms with Crippen molar-refractivity contribution in [3.63, 3.8) is 0 Å². The molecule has 1 aromatic heterocycles. The number of fused-ring (bicyclic) bond motifs is 1. The van der Waals surface area contributed by atoms with E-state index in [-0.39, 0.29) is 5.75 Å². The molecule has 146 valence electrons. The van der Waals surface area contributed by atoms with Gasteiger partial charge in [0, 0.05) is 16.5 Å². The van der Waals surface area contributed by atoms with Crippen molar-refractivity contribution in [3.05, 3.63) is 53.6 Å². The molecule has 0 amide bonds. The predicted molar refractivity (Wildman–Crippen MR) is 109 cm³/mol. The van der Waals surface area contributed by atoms with Crippen LogP contribution in [0.3, 0.4) is 0 Å². The first-order valence-corrected chi connectivity index (χ1v) is 9.82. The number of aryl methyl sites for hydroxylation is 1. The van der Waals surface area contributed by atoms with E-state index in [4.69, 9.17) is 9.15 Å². The van der Waals surface area contributed by atoms with Gasteiger partial charge >= 0.3 is 5.97 Å². The van der Waals surface area contributed by atoms with Gasteiger partial charge in [-0.15, -0.1) is 0 Å². The number of phenols is 1. The van der Waals surface area contributed by atoms with Gasteiger partial charge in [0.2, 0.25) is 0 Å². The topological polar surface area (TPSA) is 62.9 Å². The van der Waals surface area contributed by atoms with Crippen molar-refractivity contribution in [2.45, 2.75) is 25.7 Å². The molecule has 0 bridgehead atoms. The van der Waals surface area contributed by atoms with Gasteiger partial charge in [-0.25, -0.2) is 4.79 Å². The Bertz CT molecular complexity index is 971. The summed E-state index contributed by atoms with van der Waals surface area (Å²) in [5, 5.41) is 11.2. The summed E-state index contributed by atoms with van der Waals surface area (Å²) in [5.74, 6) is 0.220. The van der Waals surface area contributed by atoms with Crippen LogP contribution in [-0.4, -0.2) is 42.7 Å². The summed E-state index contributed by atoms with van der Waals surface area (Å²) in [6, 6.07) is 12.9. The van der Waals surface area contributed by atoms with Gasteiger partial charge in [-0.1, -0.05) is 30.3 Å². The monoisotopic (exact) mass is 379 g/mol. The van der Waals surface area contributed by atoms with E-state index in [0.29, 0.717) is 28.7 Å². The molecule has 0 radical (unpaired) electrons. The summed E-state index contributed by atoms with van der Waals surface area (Å²) in [6.07, 6.45) is 4.11. The van der Waals surface area contributed by atoms with Crippen molar-refractivity contribution in [1.82, 2.24) is 4.90 Å². The molecule has 0 unspecified atom stereocenters. The Kier molecular flexibility index (Phi) is 5.35. The number of methoxy groups -OCH3 is 1. The Morgan fingerprint density at radius 3 is 2.61 bits per heavy atom. The van der Waals surface area contributed by atoms with Crippen LogP contribution in [0, 0.1) is 0 Å². The molecule has 1 fully saturated rings. The zero-order valence-electron chi connectivity index (χ0n) is 16.1. The number of aromatic hydroxyl groups is 1. The number of likely N-dealkylation sites (tertiary alicyclic amines) is 1. The molecule has 28 heavy (non-hydrogen) atoms. The normalized spacial score (nSPS) is 14.6. The number of benzene rings is 2. The molecule has 0 spiro atoms. The number of esters is 1. The lowest BCUT2D eigenvalue weighted by Gasteiger charge is -2.14. The van der Waals surface area contributed by atoms with Gasteiger partial charge in [-0.05, 0) is 57.5 Å². The minimum absolute atomic E-state index is 0.194. The molecule has 1 aliphatic rings. The molecule has 0 atom stereocenters. The lowest BCUT2D eigenvalue weighted by atomic mass is 9.98. The van der Waals surface area contributed by atoms with Crippen LogP contribution in [0.5, 0.6) is 5.75 Å². The number of rotatable bonds is 6. The summed E-state index contributed by atoms with van der Waals surface area (Å²) in [7, 11) is 1.37. The van der Waals surface area contributed by atoms with Crippen LogP contribution in [-0.2, 0) is 11.2 Å². The maximum atomic E-state index is 12.7. The molecular formula is C23H25NO4. The standard InChI is InChI=1S/C23H25NO4/c1-27-23(26)21-20-17(10-7-15-24-13-5-6-14-24)18(25)11-12-19(20)28-22(21)16-8-3-2-4-9-16/h2-4,8-9,11-12,25H,5-7,10,13-15H2,1H3. The number of hydrogen-bond donors (Lipinski definition) is 1. The SMILES string of the molecule is COC(=O)c1c(-c2ccccc2)oc2ccc(O)c(CCCN3CCCC3)c12. The zero-order valence-corrected chi connectivity index (χ0v) is 16.1. The van der Waals surface area contributed by atoms with Crippen LogP contribution >= 0.6 is 0 Å². The van der Waals surface area contributed by atoms with Crippen LogP contribution in [0.2, 0.25) is 0 Å². The highest BCUT2D eigenvalue weighted by atomic mass is 16.5. The van der Waals surface area contributed by atoms with Crippen molar-refractivity contribution < 1.29 is 19.1 Å². The highest BCUT2D eigenvalue weighted by Gasteiger charge is 2.26. The first-order valence-electron chi connectivity index (χ1n) is 9.82. The fraction of sp³-hybridized carbons (Fsp3) is 0.348. The van der Waals surface area contributed by atoms with E-state index in [2.05, 4.69) is 4.90 Å². The van der Waals surface area contributed by atoms with Crippen LogP contribution in [0.15, 0.2) is 46.9 Å². The zero-order chi connectivity index (χ0) is 19.5. The number of hydrogen-bond acceptors (Lipinski definition) is 5. The van der Waals surface area contributed by atoms with Gasteiger partial charge in [0.25, 0.3) is 0 Å². The molecule has 0 saturated carbocycles.